The van der Waals surface area contributed by atoms with Gasteiger partial charge in [-0.1, -0.05) is 48.5 Å². The molecule has 22 heavy (non-hydrogen) atoms. The average Bonchev–Trinajstić information content (AvgIpc) is 2.53. The molecule has 0 fully saturated rings. The smallest absolute Gasteiger partial charge is 0.309 e. The van der Waals surface area contributed by atoms with E-state index in [1.807, 2.05) is 30.3 Å². The molecule has 114 valence electrons. The first-order valence-electron chi connectivity index (χ1n) is 7.37. The minimum absolute atomic E-state index is 0.229. The zero-order chi connectivity index (χ0) is 15.8. The number of carbonyl (C=O) groups is 2. The molecule has 3 nitrogen and oxygen atoms in total. The molecule has 0 saturated carbocycles. The Balaban J connectivity index is 2.08. The summed E-state index contributed by atoms with van der Waals surface area (Å²) < 4.78 is 4.70. The lowest BCUT2D eigenvalue weighted by atomic mass is 9.99. The predicted octanol–water partition coefficient (Wildman–Crippen LogP) is 3.12. The SMILES string of the molecule is COC(=O)Cc1cccc(Cc2cccc(CCC=O)c2)c1. The maximum absolute atomic E-state index is 11.3. The normalized spacial score (nSPS) is 10.2. The monoisotopic (exact) mass is 296 g/mol. The van der Waals surface area contributed by atoms with E-state index in [0.29, 0.717) is 12.8 Å². The first-order valence-corrected chi connectivity index (χ1v) is 7.37. The third kappa shape index (κ3) is 4.85. The molecule has 0 unspecified atom stereocenters. The van der Waals surface area contributed by atoms with E-state index in [1.54, 1.807) is 0 Å². The highest BCUT2D eigenvalue weighted by molar-refractivity contribution is 5.72. The van der Waals surface area contributed by atoms with Crippen LogP contribution in [0.1, 0.15) is 28.7 Å². The van der Waals surface area contributed by atoms with Gasteiger partial charge in [-0.2, -0.15) is 0 Å². The second kappa shape index (κ2) is 8.13. The topological polar surface area (TPSA) is 43.4 Å². The highest BCUT2D eigenvalue weighted by Crippen LogP contribution is 2.14. The highest BCUT2D eigenvalue weighted by atomic mass is 16.5. The fourth-order valence-electron chi connectivity index (χ4n) is 2.44. The van der Waals surface area contributed by atoms with Gasteiger partial charge in [-0.25, -0.2) is 0 Å². The van der Waals surface area contributed by atoms with E-state index in [4.69, 9.17) is 4.74 Å². The molecule has 0 aliphatic carbocycles. The van der Waals surface area contributed by atoms with Crippen molar-refractivity contribution < 1.29 is 14.3 Å². The summed E-state index contributed by atoms with van der Waals surface area (Å²) in [4.78, 5) is 21.8. The van der Waals surface area contributed by atoms with Crippen LogP contribution in [-0.2, 0) is 33.6 Å². The second-order valence-electron chi connectivity index (χ2n) is 5.27. The van der Waals surface area contributed by atoms with E-state index >= 15 is 0 Å². The largest absolute Gasteiger partial charge is 0.469 e. The molecule has 2 rings (SSSR count). The Labute approximate surface area is 130 Å². The lowest BCUT2D eigenvalue weighted by Crippen LogP contribution is -2.04. The number of aldehydes is 1. The summed E-state index contributed by atoms with van der Waals surface area (Å²) in [7, 11) is 1.40. The third-order valence-electron chi connectivity index (χ3n) is 3.52. The molecule has 2 aromatic carbocycles. The molecule has 3 heteroatoms. The number of methoxy groups -OCH3 is 1. The number of rotatable bonds is 7. The predicted molar refractivity (Wildman–Crippen MR) is 85.8 cm³/mol. The molecule has 0 aliphatic rings. The van der Waals surface area contributed by atoms with Crippen molar-refractivity contribution in [1.82, 2.24) is 0 Å². The van der Waals surface area contributed by atoms with E-state index in [2.05, 4.69) is 18.2 Å². The van der Waals surface area contributed by atoms with Crippen molar-refractivity contribution in [2.45, 2.75) is 25.7 Å². The van der Waals surface area contributed by atoms with Gasteiger partial charge in [0.1, 0.15) is 6.29 Å². The zero-order valence-electron chi connectivity index (χ0n) is 12.7. The number of esters is 1. The molecule has 0 radical (unpaired) electrons. The third-order valence-corrected chi connectivity index (χ3v) is 3.52. The summed E-state index contributed by atoms with van der Waals surface area (Å²) in [5.41, 5.74) is 4.50. The van der Waals surface area contributed by atoms with E-state index in [9.17, 15) is 9.59 Å². The van der Waals surface area contributed by atoms with Crippen molar-refractivity contribution in [2.24, 2.45) is 0 Å². The number of aryl methyl sites for hydroxylation is 1. The first kappa shape index (κ1) is 16.0. The number of ether oxygens (including phenoxy) is 1. The summed E-state index contributed by atoms with van der Waals surface area (Å²) in [6, 6.07) is 16.3. The van der Waals surface area contributed by atoms with E-state index in [0.717, 1.165) is 30.3 Å². The van der Waals surface area contributed by atoms with Gasteiger partial charge in [-0.05, 0) is 35.1 Å². The van der Waals surface area contributed by atoms with Gasteiger partial charge in [0, 0.05) is 6.42 Å². The molecular weight excluding hydrogens is 276 g/mol. The molecule has 0 spiro atoms. The fraction of sp³-hybridized carbons (Fsp3) is 0.263. The molecule has 0 heterocycles. The number of hydrogen-bond donors (Lipinski definition) is 0. The first-order chi connectivity index (χ1) is 10.7. The Hall–Kier alpha value is -2.42. The van der Waals surface area contributed by atoms with Crippen LogP contribution in [0, 0.1) is 0 Å². The van der Waals surface area contributed by atoms with Crippen molar-refractivity contribution >= 4 is 12.3 Å². The highest BCUT2D eigenvalue weighted by Gasteiger charge is 2.04. The summed E-state index contributed by atoms with van der Waals surface area (Å²) in [6.07, 6.45) is 3.38. The Morgan fingerprint density at radius 1 is 1.00 bits per heavy atom. The van der Waals surface area contributed by atoms with Crippen LogP contribution >= 0.6 is 0 Å². The Kier molecular flexibility index (Phi) is 5.90. The summed E-state index contributed by atoms with van der Waals surface area (Å²) in [5, 5.41) is 0. The molecule has 0 N–H and O–H groups in total. The van der Waals surface area contributed by atoms with Crippen LogP contribution in [0.2, 0.25) is 0 Å². The fourth-order valence-corrected chi connectivity index (χ4v) is 2.44. The van der Waals surface area contributed by atoms with Gasteiger partial charge in [0.25, 0.3) is 0 Å². The van der Waals surface area contributed by atoms with Crippen molar-refractivity contribution in [2.75, 3.05) is 7.11 Å². The van der Waals surface area contributed by atoms with E-state index < -0.39 is 0 Å². The van der Waals surface area contributed by atoms with Gasteiger partial charge in [-0.15, -0.1) is 0 Å². The molecule has 0 aromatic heterocycles. The Morgan fingerprint density at radius 3 is 2.23 bits per heavy atom. The van der Waals surface area contributed by atoms with Gasteiger partial charge in [0.05, 0.1) is 13.5 Å². The van der Waals surface area contributed by atoms with Crippen molar-refractivity contribution in [3.63, 3.8) is 0 Å². The minimum atomic E-state index is -0.229. The zero-order valence-corrected chi connectivity index (χ0v) is 12.7. The second-order valence-corrected chi connectivity index (χ2v) is 5.27. The van der Waals surface area contributed by atoms with Gasteiger partial charge in [-0.3, -0.25) is 4.79 Å². The van der Waals surface area contributed by atoms with Crippen LogP contribution in [0.4, 0.5) is 0 Å². The standard InChI is InChI=1S/C19H20O3/c1-22-19(21)14-18-8-3-7-17(13-18)12-16-6-2-5-15(11-16)9-4-10-20/h2-3,5-8,10-11,13H,4,9,12,14H2,1H3. The molecule has 0 bridgehead atoms. The Bertz CT molecular complexity index is 647. The number of benzene rings is 2. The van der Waals surface area contributed by atoms with Gasteiger partial charge in [0.2, 0.25) is 0 Å². The van der Waals surface area contributed by atoms with Crippen LogP contribution in [0.5, 0.6) is 0 Å². The maximum atomic E-state index is 11.3. The van der Waals surface area contributed by atoms with Crippen molar-refractivity contribution in [1.29, 1.82) is 0 Å². The molecule has 0 atom stereocenters. The van der Waals surface area contributed by atoms with Gasteiger partial charge < -0.3 is 9.53 Å². The summed E-state index contributed by atoms with van der Waals surface area (Å²) in [5.74, 6) is -0.229. The van der Waals surface area contributed by atoms with Gasteiger partial charge in [0.15, 0.2) is 0 Å². The van der Waals surface area contributed by atoms with Crippen LogP contribution in [0.15, 0.2) is 48.5 Å². The lowest BCUT2D eigenvalue weighted by Gasteiger charge is -2.07. The van der Waals surface area contributed by atoms with Crippen molar-refractivity contribution in [3.05, 3.63) is 70.8 Å². The van der Waals surface area contributed by atoms with Gasteiger partial charge >= 0.3 is 5.97 Å². The maximum Gasteiger partial charge on any atom is 0.309 e. The molecule has 0 saturated heterocycles. The molecule has 0 aliphatic heterocycles. The Morgan fingerprint density at radius 2 is 1.59 bits per heavy atom. The number of hydrogen-bond acceptors (Lipinski definition) is 3. The van der Waals surface area contributed by atoms with E-state index in [-0.39, 0.29) is 5.97 Å². The molecular formula is C19H20O3. The van der Waals surface area contributed by atoms with Crippen LogP contribution in [0.25, 0.3) is 0 Å². The van der Waals surface area contributed by atoms with Crippen molar-refractivity contribution in [3.8, 4) is 0 Å². The quantitative estimate of drug-likeness (QED) is 0.582. The summed E-state index contributed by atoms with van der Waals surface area (Å²) in [6.45, 7) is 0. The number of carbonyl (C=O) groups excluding carboxylic acids is 2. The molecule has 0 amide bonds. The van der Waals surface area contributed by atoms with Crippen LogP contribution in [0.3, 0.4) is 0 Å². The van der Waals surface area contributed by atoms with Crippen LogP contribution in [-0.4, -0.2) is 19.4 Å². The molecule has 2 aromatic rings. The minimum Gasteiger partial charge on any atom is -0.469 e. The lowest BCUT2D eigenvalue weighted by molar-refractivity contribution is -0.139. The van der Waals surface area contributed by atoms with E-state index in [1.165, 1.54) is 18.2 Å². The van der Waals surface area contributed by atoms with Crippen LogP contribution < -0.4 is 0 Å². The average molecular weight is 296 g/mol. The summed E-state index contributed by atoms with van der Waals surface area (Å²) >= 11 is 0.